The standard InChI is InChI=1S/C14H20BrNO2/c1-10(2)5-7-18-14-12(15)8-11(4-6-16)9-13(14)17-3/h8-9H,1,4-7,16H2,2-3H3. The molecule has 0 spiro atoms. The van der Waals surface area contributed by atoms with Crippen LogP contribution in [0.4, 0.5) is 0 Å². The Labute approximate surface area is 117 Å². The van der Waals surface area contributed by atoms with Gasteiger partial charge in [0.05, 0.1) is 18.2 Å². The average Bonchev–Trinajstić information content (AvgIpc) is 2.31. The molecule has 0 aliphatic rings. The third-order valence-electron chi connectivity index (χ3n) is 2.50. The molecule has 0 aliphatic heterocycles. The molecule has 100 valence electrons. The Morgan fingerprint density at radius 2 is 2.17 bits per heavy atom. The molecule has 2 N–H and O–H groups in total. The first-order valence-corrected chi connectivity index (χ1v) is 6.71. The lowest BCUT2D eigenvalue weighted by atomic mass is 10.1. The van der Waals surface area contributed by atoms with Crippen LogP contribution in [-0.4, -0.2) is 20.3 Å². The second-order valence-corrected chi connectivity index (χ2v) is 5.06. The van der Waals surface area contributed by atoms with Crippen molar-refractivity contribution in [3.63, 3.8) is 0 Å². The molecule has 0 bridgehead atoms. The molecule has 0 atom stereocenters. The van der Waals surface area contributed by atoms with Gasteiger partial charge in [-0.3, -0.25) is 0 Å². The summed E-state index contributed by atoms with van der Waals surface area (Å²) in [7, 11) is 1.64. The molecule has 0 aliphatic carbocycles. The summed E-state index contributed by atoms with van der Waals surface area (Å²) in [5.41, 5.74) is 7.79. The number of hydrogen-bond donors (Lipinski definition) is 1. The zero-order valence-electron chi connectivity index (χ0n) is 11.0. The number of benzene rings is 1. The third-order valence-corrected chi connectivity index (χ3v) is 3.09. The lowest BCUT2D eigenvalue weighted by Gasteiger charge is -2.14. The second kappa shape index (κ2) is 7.44. The van der Waals surface area contributed by atoms with Gasteiger partial charge in [-0.1, -0.05) is 5.57 Å². The van der Waals surface area contributed by atoms with Crippen molar-refractivity contribution in [1.82, 2.24) is 0 Å². The van der Waals surface area contributed by atoms with Gasteiger partial charge < -0.3 is 15.2 Å². The van der Waals surface area contributed by atoms with E-state index in [1.807, 2.05) is 19.1 Å². The summed E-state index contributed by atoms with van der Waals surface area (Å²) in [6.07, 6.45) is 1.65. The Balaban J connectivity index is 2.85. The predicted molar refractivity (Wildman–Crippen MR) is 78.4 cm³/mol. The quantitative estimate of drug-likeness (QED) is 0.785. The van der Waals surface area contributed by atoms with Gasteiger partial charge in [0.25, 0.3) is 0 Å². The smallest absolute Gasteiger partial charge is 0.175 e. The van der Waals surface area contributed by atoms with Crippen LogP contribution < -0.4 is 15.2 Å². The van der Waals surface area contributed by atoms with Crippen LogP contribution in [-0.2, 0) is 6.42 Å². The van der Waals surface area contributed by atoms with E-state index in [9.17, 15) is 0 Å². The number of halogens is 1. The summed E-state index contributed by atoms with van der Waals surface area (Å²) >= 11 is 3.51. The van der Waals surface area contributed by atoms with E-state index in [0.29, 0.717) is 13.2 Å². The maximum absolute atomic E-state index is 5.74. The third kappa shape index (κ3) is 4.35. The Kier molecular flexibility index (Phi) is 6.22. The average molecular weight is 314 g/mol. The van der Waals surface area contributed by atoms with E-state index in [1.165, 1.54) is 0 Å². The van der Waals surface area contributed by atoms with E-state index in [1.54, 1.807) is 7.11 Å². The van der Waals surface area contributed by atoms with Crippen LogP contribution in [0, 0.1) is 0 Å². The zero-order chi connectivity index (χ0) is 13.5. The molecule has 4 heteroatoms. The predicted octanol–water partition coefficient (Wildman–Crippen LogP) is 3.30. The van der Waals surface area contributed by atoms with Crippen LogP contribution >= 0.6 is 15.9 Å². The van der Waals surface area contributed by atoms with Gasteiger partial charge >= 0.3 is 0 Å². The van der Waals surface area contributed by atoms with Gasteiger partial charge in [0.15, 0.2) is 11.5 Å². The molecule has 0 fully saturated rings. The van der Waals surface area contributed by atoms with Gasteiger partial charge in [-0.25, -0.2) is 0 Å². The second-order valence-electron chi connectivity index (χ2n) is 4.20. The minimum Gasteiger partial charge on any atom is -0.493 e. The molecular formula is C14H20BrNO2. The van der Waals surface area contributed by atoms with Crippen molar-refractivity contribution in [1.29, 1.82) is 0 Å². The molecule has 18 heavy (non-hydrogen) atoms. The van der Waals surface area contributed by atoms with Crippen LogP contribution in [0.25, 0.3) is 0 Å². The lowest BCUT2D eigenvalue weighted by molar-refractivity contribution is 0.295. The van der Waals surface area contributed by atoms with Crippen molar-refractivity contribution in [3.05, 3.63) is 34.3 Å². The lowest BCUT2D eigenvalue weighted by Crippen LogP contribution is -2.05. The Morgan fingerprint density at radius 3 is 2.72 bits per heavy atom. The Hall–Kier alpha value is -1.00. The minimum atomic E-state index is 0.598. The molecule has 0 saturated heterocycles. The van der Waals surface area contributed by atoms with Gasteiger partial charge in [0.1, 0.15) is 0 Å². The summed E-state index contributed by atoms with van der Waals surface area (Å²) < 4.78 is 12.0. The number of nitrogens with two attached hydrogens (primary N) is 1. The molecule has 3 nitrogen and oxygen atoms in total. The number of hydrogen-bond acceptors (Lipinski definition) is 3. The maximum Gasteiger partial charge on any atom is 0.175 e. The molecule has 0 heterocycles. The fraction of sp³-hybridized carbons (Fsp3) is 0.429. The minimum absolute atomic E-state index is 0.598. The zero-order valence-corrected chi connectivity index (χ0v) is 12.5. The molecule has 0 amide bonds. The fourth-order valence-corrected chi connectivity index (χ4v) is 2.16. The van der Waals surface area contributed by atoms with E-state index in [0.717, 1.165) is 39.9 Å². The molecule has 1 rings (SSSR count). The summed E-state index contributed by atoms with van der Waals surface area (Å²) in [4.78, 5) is 0. The fourth-order valence-electron chi connectivity index (χ4n) is 1.55. The molecule has 1 aromatic carbocycles. The summed E-state index contributed by atoms with van der Waals surface area (Å²) in [6, 6.07) is 3.99. The SMILES string of the molecule is C=C(C)CCOc1c(Br)cc(CCN)cc1OC. The first-order chi connectivity index (χ1) is 8.58. The van der Waals surface area contributed by atoms with Crippen molar-refractivity contribution < 1.29 is 9.47 Å². The van der Waals surface area contributed by atoms with Crippen molar-refractivity contribution in [3.8, 4) is 11.5 Å². The van der Waals surface area contributed by atoms with Gasteiger partial charge in [-0.15, -0.1) is 6.58 Å². The van der Waals surface area contributed by atoms with Crippen LogP contribution in [0.1, 0.15) is 18.9 Å². The molecule has 0 aromatic heterocycles. The molecule has 1 aromatic rings. The van der Waals surface area contributed by atoms with Crippen LogP contribution in [0.2, 0.25) is 0 Å². The van der Waals surface area contributed by atoms with Crippen LogP contribution in [0.3, 0.4) is 0 Å². The maximum atomic E-state index is 5.74. The van der Waals surface area contributed by atoms with Crippen molar-refractivity contribution in [2.75, 3.05) is 20.3 Å². The molecular weight excluding hydrogens is 294 g/mol. The van der Waals surface area contributed by atoms with Gasteiger partial charge in [0.2, 0.25) is 0 Å². The largest absolute Gasteiger partial charge is 0.493 e. The van der Waals surface area contributed by atoms with E-state index in [-0.39, 0.29) is 0 Å². The first-order valence-electron chi connectivity index (χ1n) is 5.92. The highest BCUT2D eigenvalue weighted by molar-refractivity contribution is 9.10. The van der Waals surface area contributed by atoms with E-state index >= 15 is 0 Å². The number of rotatable bonds is 7. The van der Waals surface area contributed by atoms with Gasteiger partial charge in [-0.2, -0.15) is 0 Å². The Bertz CT molecular complexity index is 419. The van der Waals surface area contributed by atoms with E-state index in [4.69, 9.17) is 15.2 Å². The highest BCUT2D eigenvalue weighted by Gasteiger charge is 2.11. The monoisotopic (exact) mass is 313 g/mol. The summed E-state index contributed by atoms with van der Waals surface area (Å²) in [5, 5.41) is 0. The van der Waals surface area contributed by atoms with Crippen molar-refractivity contribution >= 4 is 15.9 Å². The normalized spacial score (nSPS) is 10.2. The van der Waals surface area contributed by atoms with Crippen molar-refractivity contribution in [2.24, 2.45) is 5.73 Å². The summed E-state index contributed by atoms with van der Waals surface area (Å²) in [6.45, 7) is 7.05. The van der Waals surface area contributed by atoms with Crippen LogP contribution in [0.15, 0.2) is 28.8 Å². The van der Waals surface area contributed by atoms with E-state index < -0.39 is 0 Å². The highest BCUT2D eigenvalue weighted by atomic mass is 79.9. The number of methoxy groups -OCH3 is 1. The Morgan fingerprint density at radius 1 is 1.44 bits per heavy atom. The summed E-state index contributed by atoms with van der Waals surface area (Å²) in [5.74, 6) is 1.47. The first kappa shape index (κ1) is 15.1. The highest BCUT2D eigenvalue weighted by Crippen LogP contribution is 2.36. The van der Waals surface area contributed by atoms with E-state index in [2.05, 4.69) is 22.5 Å². The topological polar surface area (TPSA) is 44.5 Å². The van der Waals surface area contributed by atoms with Gasteiger partial charge in [-0.05, 0) is 53.5 Å². The molecule has 0 saturated carbocycles. The van der Waals surface area contributed by atoms with Crippen LogP contribution in [0.5, 0.6) is 11.5 Å². The molecule has 0 unspecified atom stereocenters. The number of ether oxygens (including phenoxy) is 2. The van der Waals surface area contributed by atoms with Crippen molar-refractivity contribution in [2.45, 2.75) is 19.8 Å². The van der Waals surface area contributed by atoms with Gasteiger partial charge in [0, 0.05) is 6.42 Å². The molecule has 0 radical (unpaired) electrons.